The fourth-order valence-electron chi connectivity index (χ4n) is 3.20. The fraction of sp³-hybridized carbons (Fsp3) is 0.409. The van der Waals surface area contributed by atoms with Crippen molar-refractivity contribution in [3.63, 3.8) is 0 Å². The molecule has 0 saturated carbocycles. The van der Waals surface area contributed by atoms with Gasteiger partial charge in [-0.25, -0.2) is 0 Å². The maximum absolute atomic E-state index is 5.77. The maximum Gasteiger partial charge on any atom is 0.191 e. The van der Waals surface area contributed by atoms with Crippen molar-refractivity contribution < 1.29 is 14.2 Å². The van der Waals surface area contributed by atoms with E-state index in [0.29, 0.717) is 26.4 Å². The normalized spacial score (nSPS) is 15.5. The highest BCUT2D eigenvalue weighted by Crippen LogP contribution is 2.31. The highest BCUT2D eigenvalue weighted by atomic mass is 127. The molecule has 7 heteroatoms. The number of halogens is 1. The average Bonchev–Trinajstić information content (AvgIpc) is 2.74. The minimum atomic E-state index is 0. The predicted molar refractivity (Wildman–Crippen MR) is 126 cm³/mol. The number of methoxy groups -OCH3 is 1. The van der Waals surface area contributed by atoms with Crippen molar-refractivity contribution in [2.24, 2.45) is 4.99 Å². The van der Waals surface area contributed by atoms with Crippen LogP contribution in [0.25, 0.3) is 0 Å². The van der Waals surface area contributed by atoms with E-state index in [9.17, 15) is 0 Å². The number of aliphatic imine (C=N–C) groups is 1. The first-order valence-corrected chi connectivity index (χ1v) is 9.78. The van der Waals surface area contributed by atoms with Crippen LogP contribution in [-0.2, 0) is 11.3 Å². The van der Waals surface area contributed by atoms with Crippen LogP contribution in [0.5, 0.6) is 11.5 Å². The Hall–Kier alpha value is -2.00. The molecule has 0 radical (unpaired) electrons. The number of fused-ring (bicyclic) bond motifs is 1. The number of guanidine groups is 1. The molecule has 0 bridgehead atoms. The third kappa shape index (κ3) is 6.78. The van der Waals surface area contributed by atoms with E-state index in [2.05, 4.69) is 28.6 Å². The second-order valence-electron chi connectivity index (χ2n) is 6.50. The van der Waals surface area contributed by atoms with Crippen LogP contribution >= 0.6 is 24.0 Å². The SMILES string of the molecule is CCNC(=NCCOCc1ccccc1OC)NC1CCOc2ccccc21.I. The number of hydrogen-bond donors (Lipinski definition) is 2. The van der Waals surface area contributed by atoms with Gasteiger partial charge in [-0.05, 0) is 19.1 Å². The third-order valence-electron chi connectivity index (χ3n) is 4.57. The summed E-state index contributed by atoms with van der Waals surface area (Å²) < 4.78 is 16.9. The molecule has 0 fully saturated rings. The van der Waals surface area contributed by atoms with Gasteiger partial charge in [0.25, 0.3) is 0 Å². The molecule has 2 aromatic rings. The predicted octanol–water partition coefficient (Wildman–Crippen LogP) is 3.91. The number of para-hydroxylation sites is 2. The first-order chi connectivity index (χ1) is 13.8. The van der Waals surface area contributed by atoms with Gasteiger partial charge >= 0.3 is 0 Å². The van der Waals surface area contributed by atoms with Crippen molar-refractivity contribution in [1.82, 2.24) is 10.6 Å². The maximum atomic E-state index is 5.77. The largest absolute Gasteiger partial charge is 0.496 e. The molecule has 0 aliphatic carbocycles. The van der Waals surface area contributed by atoms with Crippen LogP contribution < -0.4 is 20.1 Å². The summed E-state index contributed by atoms with van der Waals surface area (Å²) in [6.07, 6.45) is 0.908. The minimum Gasteiger partial charge on any atom is -0.496 e. The summed E-state index contributed by atoms with van der Waals surface area (Å²) in [7, 11) is 1.67. The number of benzene rings is 2. The van der Waals surface area contributed by atoms with Crippen molar-refractivity contribution in [3.8, 4) is 11.5 Å². The zero-order valence-electron chi connectivity index (χ0n) is 17.0. The second kappa shape index (κ2) is 12.5. The molecule has 0 saturated heterocycles. The Bertz CT molecular complexity index is 785. The van der Waals surface area contributed by atoms with Crippen molar-refractivity contribution in [2.75, 3.05) is 33.4 Å². The molecule has 3 rings (SSSR count). The van der Waals surface area contributed by atoms with Crippen molar-refractivity contribution >= 4 is 29.9 Å². The highest BCUT2D eigenvalue weighted by Gasteiger charge is 2.21. The lowest BCUT2D eigenvalue weighted by Gasteiger charge is -2.28. The summed E-state index contributed by atoms with van der Waals surface area (Å²) in [4.78, 5) is 4.65. The van der Waals surface area contributed by atoms with E-state index in [1.165, 1.54) is 5.56 Å². The minimum absolute atomic E-state index is 0. The monoisotopic (exact) mass is 511 g/mol. The van der Waals surface area contributed by atoms with Crippen LogP contribution in [0, 0.1) is 0 Å². The number of rotatable bonds is 8. The highest BCUT2D eigenvalue weighted by molar-refractivity contribution is 14.0. The number of nitrogens with one attached hydrogen (secondary N) is 2. The fourth-order valence-corrected chi connectivity index (χ4v) is 3.20. The van der Waals surface area contributed by atoms with Gasteiger partial charge in [0.05, 0.1) is 39.5 Å². The van der Waals surface area contributed by atoms with Gasteiger partial charge < -0.3 is 24.8 Å². The molecule has 1 aliphatic heterocycles. The third-order valence-corrected chi connectivity index (χ3v) is 4.57. The molecular formula is C22H30IN3O3. The molecule has 6 nitrogen and oxygen atoms in total. The van der Waals surface area contributed by atoms with Gasteiger partial charge in [0.2, 0.25) is 0 Å². The van der Waals surface area contributed by atoms with Crippen LogP contribution in [0.1, 0.15) is 30.5 Å². The molecule has 1 aliphatic rings. The van der Waals surface area contributed by atoms with E-state index in [1.807, 2.05) is 42.5 Å². The summed E-state index contributed by atoms with van der Waals surface area (Å²) in [6, 6.07) is 16.2. The number of nitrogens with zero attached hydrogens (tertiary/aromatic N) is 1. The van der Waals surface area contributed by atoms with E-state index in [4.69, 9.17) is 14.2 Å². The van der Waals surface area contributed by atoms with E-state index in [-0.39, 0.29) is 30.0 Å². The van der Waals surface area contributed by atoms with Gasteiger partial charge in [0.15, 0.2) is 5.96 Å². The van der Waals surface area contributed by atoms with Gasteiger partial charge in [-0.3, -0.25) is 4.99 Å². The summed E-state index contributed by atoms with van der Waals surface area (Å²) in [5.74, 6) is 2.59. The summed E-state index contributed by atoms with van der Waals surface area (Å²) >= 11 is 0. The number of hydrogen-bond acceptors (Lipinski definition) is 4. The molecule has 29 heavy (non-hydrogen) atoms. The van der Waals surface area contributed by atoms with E-state index >= 15 is 0 Å². The smallest absolute Gasteiger partial charge is 0.191 e. The lowest BCUT2D eigenvalue weighted by atomic mass is 10.0. The molecule has 1 heterocycles. The first kappa shape index (κ1) is 23.3. The summed E-state index contributed by atoms with van der Waals surface area (Å²) in [5, 5.41) is 6.83. The Morgan fingerprint density at radius 1 is 1.17 bits per heavy atom. The molecule has 0 aromatic heterocycles. The lowest BCUT2D eigenvalue weighted by Crippen LogP contribution is -2.41. The zero-order chi connectivity index (χ0) is 19.6. The summed E-state index contributed by atoms with van der Waals surface area (Å²) in [5.41, 5.74) is 2.21. The average molecular weight is 511 g/mol. The zero-order valence-corrected chi connectivity index (χ0v) is 19.3. The molecule has 158 valence electrons. The Morgan fingerprint density at radius 2 is 1.97 bits per heavy atom. The van der Waals surface area contributed by atoms with E-state index in [0.717, 1.165) is 36.0 Å². The van der Waals surface area contributed by atoms with Gasteiger partial charge in [-0.1, -0.05) is 36.4 Å². The van der Waals surface area contributed by atoms with Gasteiger partial charge in [0, 0.05) is 24.1 Å². The Labute approximate surface area is 190 Å². The Kier molecular flexibility index (Phi) is 10.1. The Morgan fingerprint density at radius 3 is 2.79 bits per heavy atom. The summed E-state index contributed by atoms with van der Waals surface area (Å²) in [6.45, 7) is 5.20. The van der Waals surface area contributed by atoms with Crippen LogP contribution in [0.15, 0.2) is 53.5 Å². The van der Waals surface area contributed by atoms with Gasteiger partial charge in [0.1, 0.15) is 11.5 Å². The van der Waals surface area contributed by atoms with Crippen molar-refractivity contribution in [3.05, 3.63) is 59.7 Å². The van der Waals surface area contributed by atoms with Crippen LogP contribution in [0.3, 0.4) is 0 Å². The molecule has 1 atom stereocenters. The second-order valence-corrected chi connectivity index (χ2v) is 6.50. The molecular weight excluding hydrogens is 481 g/mol. The van der Waals surface area contributed by atoms with Crippen molar-refractivity contribution in [2.45, 2.75) is 26.0 Å². The van der Waals surface area contributed by atoms with Crippen LogP contribution in [0.4, 0.5) is 0 Å². The molecule has 2 aromatic carbocycles. The molecule has 0 spiro atoms. The number of ether oxygens (including phenoxy) is 3. The molecule has 0 amide bonds. The first-order valence-electron chi connectivity index (χ1n) is 9.78. The quantitative estimate of drug-likeness (QED) is 0.244. The van der Waals surface area contributed by atoms with Crippen LogP contribution in [0.2, 0.25) is 0 Å². The topological polar surface area (TPSA) is 64.1 Å². The van der Waals surface area contributed by atoms with E-state index in [1.54, 1.807) is 7.11 Å². The van der Waals surface area contributed by atoms with Gasteiger partial charge in [-0.2, -0.15) is 0 Å². The van der Waals surface area contributed by atoms with E-state index < -0.39 is 0 Å². The molecule has 2 N–H and O–H groups in total. The van der Waals surface area contributed by atoms with Gasteiger partial charge in [-0.15, -0.1) is 24.0 Å². The Balaban J connectivity index is 0.00000300. The van der Waals surface area contributed by atoms with Crippen LogP contribution in [-0.4, -0.2) is 39.4 Å². The van der Waals surface area contributed by atoms with Crippen molar-refractivity contribution in [1.29, 1.82) is 0 Å². The molecule has 1 unspecified atom stereocenters. The standard InChI is InChI=1S/C22H29N3O3.HI/c1-3-23-22(25-19-12-14-28-21-11-7-5-9-18(19)21)24-13-15-27-16-17-8-4-6-10-20(17)26-2;/h4-11,19H,3,12-16H2,1-2H3,(H2,23,24,25);1H. The lowest BCUT2D eigenvalue weighted by molar-refractivity contribution is 0.126.